The van der Waals surface area contributed by atoms with Crippen molar-refractivity contribution >= 4 is 29.1 Å². The Balaban J connectivity index is 1.32. The van der Waals surface area contributed by atoms with Gasteiger partial charge >= 0.3 is 0 Å². The van der Waals surface area contributed by atoms with Gasteiger partial charge in [-0.3, -0.25) is 14.7 Å². The number of aryl methyl sites for hydroxylation is 1. The molecule has 8 heteroatoms. The molecule has 1 aliphatic rings. The van der Waals surface area contributed by atoms with Crippen molar-refractivity contribution in [3.63, 3.8) is 0 Å². The third-order valence-corrected chi connectivity index (χ3v) is 5.70. The number of amides is 1. The van der Waals surface area contributed by atoms with Crippen molar-refractivity contribution in [2.75, 3.05) is 17.2 Å². The van der Waals surface area contributed by atoms with Gasteiger partial charge in [0.2, 0.25) is 11.1 Å². The van der Waals surface area contributed by atoms with Gasteiger partial charge < -0.3 is 9.64 Å². The number of hydrogen-bond donors (Lipinski definition) is 1. The average molecular weight is 423 g/mol. The fraction of sp³-hybridized carbons (Fsp3) is 0.273. The number of nitrogens with one attached hydrogen (secondary N) is 1. The Morgan fingerprint density at radius 2 is 2.10 bits per heavy atom. The van der Waals surface area contributed by atoms with E-state index in [1.807, 2.05) is 43.3 Å². The van der Waals surface area contributed by atoms with Gasteiger partial charge in [0.05, 0.1) is 5.75 Å². The van der Waals surface area contributed by atoms with Crippen LogP contribution in [-0.4, -0.2) is 39.2 Å². The summed E-state index contributed by atoms with van der Waals surface area (Å²) in [6.45, 7) is 2.96. The predicted octanol–water partition coefficient (Wildman–Crippen LogP) is 3.79. The van der Waals surface area contributed by atoms with Gasteiger partial charge in [-0.1, -0.05) is 42.1 Å². The van der Waals surface area contributed by atoms with Gasteiger partial charge in [-0.05, 0) is 37.1 Å². The Kier molecular flexibility index (Phi) is 6.13. The van der Waals surface area contributed by atoms with Gasteiger partial charge in [0.1, 0.15) is 12.4 Å². The predicted molar refractivity (Wildman–Crippen MR) is 115 cm³/mol. The number of ketones is 1. The van der Waals surface area contributed by atoms with Crippen molar-refractivity contribution in [1.82, 2.24) is 15.2 Å². The molecule has 0 radical (unpaired) electrons. The third kappa shape index (κ3) is 4.71. The molecule has 1 amide bonds. The molecule has 1 aromatic heterocycles. The van der Waals surface area contributed by atoms with Crippen molar-refractivity contribution < 1.29 is 14.3 Å². The van der Waals surface area contributed by atoms with Gasteiger partial charge in [-0.15, -0.1) is 5.10 Å². The molecule has 3 aromatic rings. The summed E-state index contributed by atoms with van der Waals surface area (Å²) in [7, 11) is 0. The summed E-state index contributed by atoms with van der Waals surface area (Å²) in [6.07, 6.45) is 1.42. The largest absolute Gasteiger partial charge is 0.485 e. The number of Topliss-reactive ketones (excluding diaryl/α,β-unsaturated/α-hetero) is 1. The summed E-state index contributed by atoms with van der Waals surface area (Å²) in [5.74, 6) is 1.69. The fourth-order valence-corrected chi connectivity index (χ4v) is 3.97. The molecule has 4 rings (SSSR count). The van der Waals surface area contributed by atoms with E-state index >= 15 is 0 Å². The number of hydrogen-bond acceptors (Lipinski definition) is 6. The van der Waals surface area contributed by atoms with Gasteiger partial charge in [0.15, 0.2) is 11.6 Å². The summed E-state index contributed by atoms with van der Waals surface area (Å²) in [6, 6.07) is 15.0. The van der Waals surface area contributed by atoms with Crippen LogP contribution in [0.4, 0.5) is 5.69 Å². The number of H-pyrrole nitrogens is 1. The number of para-hydroxylation sites is 1. The van der Waals surface area contributed by atoms with Crippen LogP contribution in [0, 0.1) is 6.92 Å². The molecule has 2 aromatic carbocycles. The minimum absolute atomic E-state index is 0.0315. The highest BCUT2D eigenvalue weighted by Crippen LogP contribution is 2.24. The number of benzene rings is 2. The standard InChI is InChI=1S/C22H22N4O3S/c1-15-6-2-3-9-19(15)29-13-20-23-22(25-24-20)30-14-18(27)16-7-4-8-17(12-16)26-11-5-10-21(26)28/h2-4,6-9,12H,5,10-11,13-14H2,1H3,(H,23,24,25). The Morgan fingerprint density at radius 3 is 2.90 bits per heavy atom. The smallest absolute Gasteiger partial charge is 0.227 e. The number of ether oxygens (including phenoxy) is 1. The Morgan fingerprint density at radius 1 is 1.23 bits per heavy atom. The number of aromatic nitrogens is 3. The summed E-state index contributed by atoms with van der Waals surface area (Å²) >= 11 is 1.27. The zero-order valence-corrected chi connectivity index (χ0v) is 17.4. The normalized spacial score (nSPS) is 13.6. The maximum atomic E-state index is 12.6. The van der Waals surface area contributed by atoms with Crippen LogP contribution in [0.2, 0.25) is 0 Å². The van der Waals surface area contributed by atoms with E-state index in [9.17, 15) is 9.59 Å². The first-order valence-electron chi connectivity index (χ1n) is 9.76. The number of aromatic amines is 1. The molecule has 0 atom stereocenters. The average Bonchev–Trinajstić information content (AvgIpc) is 3.40. The molecule has 1 fully saturated rings. The molecule has 154 valence electrons. The highest BCUT2D eigenvalue weighted by atomic mass is 32.2. The van der Waals surface area contributed by atoms with E-state index < -0.39 is 0 Å². The Bertz CT molecular complexity index is 1070. The summed E-state index contributed by atoms with van der Waals surface area (Å²) in [5.41, 5.74) is 2.41. The molecule has 30 heavy (non-hydrogen) atoms. The molecule has 1 N–H and O–H groups in total. The van der Waals surface area contributed by atoms with E-state index in [0.717, 1.165) is 23.4 Å². The molecule has 0 aliphatic carbocycles. The second-order valence-corrected chi connectivity index (χ2v) is 7.97. The van der Waals surface area contributed by atoms with Crippen molar-refractivity contribution in [3.8, 4) is 5.75 Å². The Labute approximate surface area is 178 Å². The highest BCUT2D eigenvalue weighted by Gasteiger charge is 2.22. The lowest BCUT2D eigenvalue weighted by atomic mass is 10.1. The molecule has 0 bridgehead atoms. The molecular weight excluding hydrogens is 400 g/mol. The topological polar surface area (TPSA) is 88.2 Å². The first-order chi connectivity index (χ1) is 14.6. The van der Waals surface area contributed by atoms with Crippen LogP contribution in [0.15, 0.2) is 53.7 Å². The van der Waals surface area contributed by atoms with E-state index in [2.05, 4.69) is 15.2 Å². The first kappa shape index (κ1) is 20.2. The van der Waals surface area contributed by atoms with Crippen molar-refractivity contribution in [1.29, 1.82) is 0 Å². The molecule has 2 heterocycles. The quantitative estimate of drug-likeness (QED) is 0.439. The SMILES string of the molecule is Cc1ccccc1OCc1nc(SCC(=O)c2cccc(N3CCCC3=O)c2)n[nH]1. The maximum Gasteiger partial charge on any atom is 0.227 e. The molecule has 0 spiro atoms. The van der Waals surface area contributed by atoms with Gasteiger partial charge in [-0.2, -0.15) is 0 Å². The maximum absolute atomic E-state index is 12.6. The summed E-state index contributed by atoms with van der Waals surface area (Å²) in [4.78, 5) is 30.7. The van der Waals surface area contributed by atoms with E-state index in [1.54, 1.807) is 17.0 Å². The first-order valence-corrected chi connectivity index (χ1v) is 10.7. The van der Waals surface area contributed by atoms with Crippen molar-refractivity contribution in [2.45, 2.75) is 31.5 Å². The van der Waals surface area contributed by atoms with Gasteiger partial charge in [0.25, 0.3) is 0 Å². The van der Waals surface area contributed by atoms with Crippen LogP contribution in [0.3, 0.4) is 0 Å². The van der Waals surface area contributed by atoms with Crippen LogP contribution in [0.5, 0.6) is 5.75 Å². The zero-order chi connectivity index (χ0) is 20.9. The van der Waals surface area contributed by atoms with Crippen LogP contribution < -0.4 is 9.64 Å². The van der Waals surface area contributed by atoms with E-state index in [-0.39, 0.29) is 24.1 Å². The van der Waals surface area contributed by atoms with Crippen molar-refractivity contribution in [3.05, 3.63) is 65.5 Å². The fourth-order valence-electron chi connectivity index (χ4n) is 3.25. The van der Waals surface area contributed by atoms with Crippen LogP contribution in [0.25, 0.3) is 0 Å². The molecule has 0 unspecified atom stereocenters. The Hall–Kier alpha value is -3.13. The zero-order valence-electron chi connectivity index (χ0n) is 16.6. The van der Waals surface area contributed by atoms with Crippen LogP contribution in [-0.2, 0) is 11.4 Å². The summed E-state index contributed by atoms with van der Waals surface area (Å²) in [5, 5.41) is 7.49. The van der Waals surface area contributed by atoms with Crippen LogP contribution >= 0.6 is 11.8 Å². The van der Waals surface area contributed by atoms with Gasteiger partial charge in [-0.25, -0.2) is 4.98 Å². The number of carbonyl (C=O) groups is 2. The third-order valence-electron chi connectivity index (χ3n) is 4.85. The monoisotopic (exact) mass is 422 g/mol. The lowest BCUT2D eigenvalue weighted by Gasteiger charge is -2.16. The van der Waals surface area contributed by atoms with Gasteiger partial charge in [0, 0.05) is 24.2 Å². The number of nitrogens with zero attached hydrogens (tertiary/aromatic N) is 3. The molecule has 0 saturated carbocycles. The minimum atomic E-state index is -0.0315. The second-order valence-electron chi connectivity index (χ2n) is 7.03. The number of thioether (sulfide) groups is 1. The number of rotatable bonds is 8. The molecule has 1 aliphatic heterocycles. The lowest BCUT2D eigenvalue weighted by Crippen LogP contribution is -2.23. The minimum Gasteiger partial charge on any atom is -0.485 e. The molecule has 1 saturated heterocycles. The van der Waals surface area contributed by atoms with E-state index in [0.29, 0.717) is 29.5 Å². The second kappa shape index (κ2) is 9.13. The van der Waals surface area contributed by atoms with Crippen molar-refractivity contribution in [2.24, 2.45) is 0 Å². The van der Waals surface area contributed by atoms with Crippen LogP contribution in [0.1, 0.15) is 34.6 Å². The number of carbonyl (C=O) groups excluding carboxylic acids is 2. The van der Waals surface area contributed by atoms with E-state index in [4.69, 9.17) is 4.74 Å². The molecule has 7 nitrogen and oxygen atoms in total. The number of anilines is 1. The molecular formula is C22H22N4O3S. The summed E-state index contributed by atoms with van der Waals surface area (Å²) < 4.78 is 5.76. The van der Waals surface area contributed by atoms with E-state index in [1.165, 1.54) is 11.8 Å². The lowest BCUT2D eigenvalue weighted by molar-refractivity contribution is -0.117. The highest BCUT2D eigenvalue weighted by molar-refractivity contribution is 7.99.